The summed E-state index contributed by atoms with van der Waals surface area (Å²) in [6.07, 6.45) is 5.27. The highest BCUT2D eigenvalue weighted by atomic mass is 15.2. The van der Waals surface area contributed by atoms with Crippen molar-refractivity contribution in [2.75, 3.05) is 5.32 Å². The van der Waals surface area contributed by atoms with Crippen molar-refractivity contribution < 1.29 is 0 Å². The Morgan fingerprint density at radius 1 is 1.19 bits per heavy atom. The molecule has 3 heterocycles. The van der Waals surface area contributed by atoms with Crippen LogP contribution in [0, 0.1) is 0 Å². The molecule has 1 aliphatic rings. The molecule has 6 nitrogen and oxygen atoms in total. The van der Waals surface area contributed by atoms with Crippen LogP contribution in [0.15, 0.2) is 54.9 Å². The van der Waals surface area contributed by atoms with E-state index in [9.17, 15) is 0 Å². The fourth-order valence-electron chi connectivity index (χ4n) is 3.48. The second-order valence-corrected chi connectivity index (χ2v) is 7.13. The molecule has 1 atom stereocenters. The Balaban J connectivity index is 1.47. The Kier molecular flexibility index (Phi) is 3.89. The van der Waals surface area contributed by atoms with Crippen LogP contribution in [0.3, 0.4) is 0 Å². The third-order valence-electron chi connectivity index (χ3n) is 5.18. The summed E-state index contributed by atoms with van der Waals surface area (Å²) in [6, 6.07) is 16.8. The zero-order chi connectivity index (χ0) is 18.2. The first-order chi connectivity index (χ1) is 13.3. The second kappa shape index (κ2) is 6.54. The van der Waals surface area contributed by atoms with Crippen LogP contribution in [0.25, 0.3) is 17.0 Å². The molecule has 4 aromatic rings. The van der Waals surface area contributed by atoms with Crippen molar-refractivity contribution in [1.82, 2.24) is 24.7 Å². The number of aromatic nitrogens is 5. The number of hydrogen-bond donors (Lipinski definition) is 2. The number of fused-ring (bicyclic) bond motifs is 1. The maximum Gasteiger partial charge on any atom is 0.168 e. The van der Waals surface area contributed by atoms with E-state index >= 15 is 0 Å². The fraction of sp³-hybridized carbons (Fsp3) is 0.286. The van der Waals surface area contributed by atoms with Crippen LogP contribution < -0.4 is 5.32 Å². The first-order valence-corrected chi connectivity index (χ1v) is 9.53. The molecule has 0 bridgehead atoms. The molecule has 136 valence electrons. The lowest BCUT2D eigenvalue weighted by Gasteiger charge is -2.18. The van der Waals surface area contributed by atoms with Gasteiger partial charge in [0, 0.05) is 17.7 Å². The fourth-order valence-corrected chi connectivity index (χ4v) is 3.48. The number of nitrogens with one attached hydrogen (secondary N) is 2. The highest BCUT2D eigenvalue weighted by Crippen LogP contribution is 2.39. The van der Waals surface area contributed by atoms with Gasteiger partial charge in [0.2, 0.25) is 0 Å². The van der Waals surface area contributed by atoms with E-state index in [1.54, 1.807) is 6.33 Å². The van der Waals surface area contributed by atoms with Crippen LogP contribution in [0.4, 0.5) is 5.82 Å². The van der Waals surface area contributed by atoms with Gasteiger partial charge in [-0.3, -0.25) is 9.67 Å². The molecule has 5 rings (SSSR count). The SMILES string of the molecule is CC[C@H](Nc1ccc2ncn(-c3cc(C4CC4)[nH]n3)c2n1)c1ccccc1. The summed E-state index contributed by atoms with van der Waals surface area (Å²) >= 11 is 0. The normalized spacial score (nSPS) is 15.1. The van der Waals surface area contributed by atoms with Gasteiger partial charge in [0.1, 0.15) is 17.7 Å². The van der Waals surface area contributed by atoms with Crippen LogP contribution in [-0.4, -0.2) is 24.7 Å². The summed E-state index contributed by atoms with van der Waals surface area (Å²) in [5, 5.41) is 11.2. The lowest BCUT2D eigenvalue weighted by Crippen LogP contribution is -2.11. The van der Waals surface area contributed by atoms with Crippen molar-refractivity contribution in [3.63, 3.8) is 0 Å². The average molecular weight is 358 g/mol. The summed E-state index contributed by atoms with van der Waals surface area (Å²) < 4.78 is 1.95. The molecular formula is C21H22N6. The van der Waals surface area contributed by atoms with Crippen LogP contribution in [0.1, 0.15) is 49.4 Å². The third-order valence-corrected chi connectivity index (χ3v) is 5.18. The van der Waals surface area contributed by atoms with E-state index in [0.717, 1.165) is 29.2 Å². The van der Waals surface area contributed by atoms with Gasteiger partial charge in [0.15, 0.2) is 11.5 Å². The minimum absolute atomic E-state index is 0.222. The van der Waals surface area contributed by atoms with E-state index in [0.29, 0.717) is 5.92 Å². The highest BCUT2D eigenvalue weighted by molar-refractivity contribution is 5.75. The number of nitrogens with zero attached hydrogens (tertiary/aromatic N) is 4. The number of hydrogen-bond acceptors (Lipinski definition) is 4. The number of H-pyrrole nitrogens is 1. The minimum Gasteiger partial charge on any atom is -0.363 e. The smallest absolute Gasteiger partial charge is 0.168 e. The van der Waals surface area contributed by atoms with Crippen molar-refractivity contribution >= 4 is 17.0 Å². The number of pyridine rings is 1. The van der Waals surface area contributed by atoms with E-state index in [1.165, 1.54) is 24.1 Å². The van der Waals surface area contributed by atoms with Gasteiger partial charge in [-0.15, -0.1) is 0 Å². The predicted molar refractivity (Wildman–Crippen MR) is 106 cm³/mol. The molecule has 0 aliphatic heterocycles. The van der Waals surface area contributed by atoms with Crippen LogP contribution in [0.5, 0.6) is 0 Å². The summed E-state index contributed by atoms with van der Waals surface area (Å²) in [5.41, 5.74) is 4.15. The standard InChI is InChI=1S/C21H22N6/c1-2-16(14-6-4-3-5-7-14)23-19-11-10-17-21(24-19)27(13-22-17)20-12-18(25-26-20)15-8-9-15/h3-7,10-13,15-16H,2,8-9H2,1H3,(H,23,24)(H,25,26)/t16-/m0/s1. The molecule has 1 aliphatic carbocycles. The van der Waals surface area contributed by atoms with Gasteiger partial charge in [-0.05, 0) is 37.0 Å². The molecule has 2 N–H and O–H groups in total. The zero-order valence-corrected chi connectivity index (χ0v) is 15.3. The molecule has 0 saturated heterocycles. The molecule has 0 unspecified atom stereocenters. The molecule has 1 aromatic carbocycles. The molecular weight excluding hydrogens is 336 g/mol. The first-order valence-electron chi connectivity index (χ1n) is 9.53. The van der Waals surface area contributed by atoms with Crippen molar-refractivity contribution in [1.29, 1.82) is 0 Å². The quantitative estimate of drug-likeness (QED) is 0.529. The lowest BCUT2D eigenvalue weighted by molar-refractivity contribution is 0.745. The Hall–Kier alpha value is -3.15. The topological polar surface area (TPSA) is 71.4 Å². The molecule has 0 radical (unpaired) electrons. The van der Waals surface area contributed by atoms with E-state index in [2.05, 4.69) is 57.8 Å². The maximum atomic E-state index is 4.83. The molecule has 0 spiro atoms. The second-order valence-electron chi connectivity index (χ2n) is 7.13. The average Bonchev–Trinajstić information content (AvgIpc) is 3.30. The molecule has 3 aromatic heterocycles. The summed E-state index contributed by atoms with van der Waals surface area (Å²) in [7, 11) is 0. The zero-order valence-electron chi connectivity index (χ0n) is 15.3. The summed E-state index contributed by atoms with van der Waals surface area (Å²) in [5.74, 6) is 2.33. The molecule has 1 fully saturated rings. The van der Waals surface area contributed by atoms with E-state index in [1.807, 2.05) is 22.8 Å². The van der Waals surface area contributed by atoms with Crippen LogP contribution in [-0.2, 0) is 0 Å². The summed E-state index contributed by atoms with van der Waals surface area (Å²) in [6.45, 7) is 2.18. The van der Waals surface area contributed by atoms with Crippen molar-refractivity contribution in [2.45, 2.75) is 38.1 Å². The van der Waals surface area contributed by atoms with Gasteiger partial charge in [-0.1, -0.05) is 37.3 Å². The van der Waals surface area contributed by atoms with Gasteiger partial charge in [0.05, 0.1) is 6.04 Å². The Bertz CT molecular complexity index is 1060. The maximum absolute atomic E-state index is 4.83. The van der Waals surface area contributed by atoms with Crippen LogP contribution >= 0.6 is 0 Å². The number of imidazole rings is 1. The minimum atomic E-state index is 0.222. The first kappa shape index (κ1) is 16.1. The van der Waals surface area contributed by atoms with E-state index in [4.69, 9.17) is 4.98 Å². The van der Waals surface area contributed by atoms with Crippen molar-refractivity contribution in [3.8, 4) is 5.82 Å². The Morgan fingerprint density at radius 2 is 2.04 bits per heavy atom. The summed E-state index contributed by atoms with van der Waals surface area (Å²) in [4.78, 5) is 9.31. The monoisotopic (exact) mass is 358 g/mol. The molecule has 1 saturated carbocycles. The number of aromatic amines is 1. The predicted octanol–water partition coefficient (Wildman–Crippen LogP) is 4.58. The largest absolute Gasteiger partial charge is 0.363 e. The van der Waals surface area contributed by atoms with Crippen LogP contribution in [0.2, 0.25) is 0 Å². The number of rotatable bonds is 6. The highest BCUT2D eigenvalue weighted by Gasteiger charge is 2.26. The molecule has 27 heavy (non-hydrogen) atoms. The van der Waals surface area contributed by atoms with Gasteiger partial charge < -0.3 is 5.32 Å². The number of anilines is 1. The van der Waals surface area contributed by atoms with Gasteiger partial charge in [-0.2, -0.15) is 5.10 Å². The van der Waals surface area contributed by atoms with E-state index < -0.39 is 0 Å². The third kappa shape index (κ3) is 3.07. The molecule has 0 amide bonds. The van der Waals surface area contributed by atoms with Gasteiger partial charge in [-0.25, -0.2) is 9.97 Å². The van der Waals surface area contributed by atoms with E-state index in [-0.39, 0.29) is 6.04 Å². The van der Waals surface area contributed by atoms with Crippen molar-refractivity contribution in [2.24, 2.45) is 0 Å². The van der Waals surface area contributed by atoms with Gasteiger partial charge in [0.25, 0.3) is 0 Å². The Labute approximate surface area is 157 Å². The van der Waals surface area contributed by atoms with Gasteiger partial charge >= 0.3 is 0 Å². The Morgan fingerprint density at radius 3 is 2.81 bits per heavy atom. The number of benzene rings is 1. The lowest BCUT2D eigenvalue weighted by atomic mass is 10.0. The molecule has 6 heteroatoms. The van der Waals surface area contributed by atoms with Crippen molar-refractivity contribution in [3.05, 3.63) is 66.1 Å².